The summed E-state index contributed by atoms with van der Waals surface area (Å²) in [4.78, 5) is 17.1. The van der Waals surface area contributed by atoms with Crippen LogP contribution < -0.4 is 0 Å². The predicted octanol–water partition coefficient (Wildman–Crippen LogP) is 1.78. The third-order valence-corrected chi connectivity index (χ3v) is 6.85. The molecular formula is C17H32N2O3S. The Bertz CT molecular complexity index is 506. The first-order chi connectivity index (χ1) is 10.6. The van der Waals surface area contributed by atoms with Crippen LogP contribution in [-0.2, 0) is 14.6 Å². The summed E-state index contributed by atoms with van der Waals surface area (Å²) in [6, 6.07) is 0.374. The van der Waals surface area contributed by atoms with Gasteiger partial charge in [-0.05, 0) is 25.2 Å². The van der Waals surface area contributed by atoms with E-state index < -0.39 is 9.84 Å². The summed E-state index contributed by atoms with van der Waals surface area (Å²) in [7, 11) is -2.80. The fourth-order valence-corrected chi connectivity index (χ4v) is 5.54. The molecule has 0 unspecified atom stereocenters. The summed E-state index contributed by atoms with van der Waals surface area (Å²) < 4.78 is 23.1. The zero-order valence-electron chi connectivity index (χ0n) is 15.0. The second kappa shape index (κ2) is 7.09. The van der Waals surface area contributed by atoms with Gasteiger partial charge >= 0.3 is 0 Å². The third-order valence-electron chi connectivity index (χ3n) is 5.14. The van der Waals surface area contributed by atoms with Crippen molar-refractivity contribution >= 4 is 15.7 Å². The van der Waals surface area contributed by atoms with Crippen LogP contribution in [0.4, 0.5) is 0 Å². The highest BCUT2D eigenvalue weighted by atomic mass is 32.2. The molecule has 2 rings (SSSR count). The van der Waals surface area contributed by atoms with Crippen molar-refractivity contribution < 1.29 is 13.2 Å². The van der Waals surface area contributed by atoms with Crippen molar-refractivity contribution in [2.45, 2.75) is 53.0 Å². The van der Waals surface area contributed by atoms with Crippen LogP contribution in [-0.4, -0.2) is 67.9 Å². The largest absolute Gasteiger partial charge is 0.340 e. The molecule has 2 saturated heterocycles. The Labute approximate surface area is 141 Å². The van der Waals surface area contributed by atoms with Gasteiger partial charge in [-0.25, -0.2) is 8.42 Å². The molecule has 23 heavy (non-hydrogen) atoms. The second-order valence-corrected chi connectivity index (χ2v) is 10.5. The van der Waals surface area contributed by atoms with Crippen LogP contribution in [0.1, 0.15) is 47.0 Å². The summed E-state index contributed by atoms with van der Waals surface area (Å²) in [5.41, 5.74) is -0.296. The van der Waals surface area contributed by atoms with Crippen molar-refractivity contribution in [3.05, 3.63) is 0 Å². The average Bonchev–Trinajstić information content (AvgIpc) is 2.45. The van der Waals surface area contributed by atoms with Gasteiger partial charge in [0.2, 0.25) is 5.91 Å². The molecule has 2 fully saturated rings. The number of hydrogen-bond acceptors (Lipinski definition) is 4. The molecule has 6 heteroatoms. The molecule has 0 N–H and O–H groups in total. The molecule has 2 aliphatic heterocycles. The smallest absolute Gasteiger partial charge is 0.228 e. The second-order valence-electron chi connectivity index (χ2n) is 8.19. The Balaban J connectivity index is 1.85. The standard InChI is InChI=1S/C17H32N2O3S/c1-14(2)13-17(3,4)16(20)19-9-7-18(8-10-19)15-5-11-23(21,22)12-6-15/h14-15H,5-13H2,1-4H3. The van der Waals surface area contributed by atoms with E-state index in [4.69, 9.17) is 0 Å². The molecule has 0 atom stereocenters. The highest BCUT2D eigenvalue weighted by molar-refractivity contribution is 7.91. The minimum Gasteiger partial charge on any atom is -0.340 e. The van der Waals surface area contributed by atoms with E-state index in [9.17, 15) is 13.2 Å². The first-order valence-corrected chi connectivity index (χ1v) is 10.7. The molecule has 0 saturated carbocycles. The molecule has 5 nitrogen and oxygen atoms in total. The number of hydrogen-bond donors (Lipinski definition) is 0. The quantitative estimate of drug-likeness (QED) is 0.780. The van der Waals surface area contributed by atoms with Crippen molar-refractivity contribution in [2.24, 2.45) is 11.3 Å². The number of carbonyl (C=O) groups excluding carboxylic acids is 1. The lowest BCUT2D eigenvalue weighted by molar-refractivity contribution is -0.143. The Morgan fingerprint density at radius 1 is 1.09 bits per heavy atom. The number of amides is 1. The number of carbonyl (C=O) groups is 1. The minimum atomic E-state index is -2.80. The molecule has 2 heterocycles. The van der Waals surface area contributed by atoms with Gasteiger partial charge in [-0.3, -0.25) is 9.69 Å². The van der Waals surface area contributed by atoms with Crippen molar-refractivity contribution in [3.8, 4) is 0 Å². The molecule has 1 amide bonds. The van der Waals surface area contributed by atoms with Gasteiger partial charge in [0.05, 0.1) is 11.5 Å². The Hall–Kier alpha value is -0.620. The number of piperazine rings is 1. The van der Waals surface area contributed by atoms with Crippen molar-refractivity contribution in [1.29, 1.82) is 0 Å². The van der Waals surface area contributed by atoms with E-state index in [-0.39, 0.29) is 11.3 Å². The average molecular weight is 345 g/mol. The zero-order valence-corrected chi connectivity index (χ0v) is 15.9. The summed E-state index contributed by atoms with van der Waals surface area (Å²) in [5.74, 6) is 1.41. The van der Waals surface area contributed by atoms with E-state index in [1.165, 1.54) is 0 Å². The molecule has 0 spiro atoms. The molecule has 0 radical (unpaired) electrons. The SMILES string of the molecule is CC(C)CC(C)(C)C(=O)N1CCN(C2CCS(=O)(=O)CC2)CC1. The highest BCUT2D eigenvalue weighted by Crippen LogP contribution is 2.29. The van der Waals surface area contributed by atoms with Gasteiger partial charge in [-0.2, -0.15) is 0 Å². The maximum absolute atomic E-state index is 12.8. The van der Waals surface area contributed by atoms with E-state index in [0.29, 0.717) is 23.5 Å². The van der Waals surface area contributed by atoms with Crippen LogP contribution in [0, 0.1) is 11.3 Å². The predicted molar refractivity (Wildman–Crippen MR) is 93.1 cm³/mol. The Morgan fingerprint density at radius 2 is 1.61 bits per heavy atom. The molecule has 134 valence electrons. The fourth-order valence-electron chi connectivity index (χ4n) is 4.07. The minimum absolute atomic E-state index is 0.261. The van der Waals surface area contributed by atoms with Gasteiger partial charge < -0.3 is 4.90 Å². The van der Waals surface area contributed by atoms with Gasteiger partial charge in [0, 0.05) is 37.6 Å². The van der Waals surface area contributed by atoms with Gasteiger partial charge in [0.1, 0.15) is 9.84 Å². The monoisotopic (exact) mass is 344 g/mol. The number of rotatable bonds is 4. The summed E-state index contributed by atoms with van der Waals surface area (Å²) in [5, 5.41) is 0. The summed E-state index contributed by atoms with van der Waals surface area (Å²) in [6.07, 6.45) is 2.40. The van der Waals surface area contributed by atoms with Crippen LogP contribution in [0.3, 0.4) is 0 Å². The van der Waals surface area contributed by atoms with Crippen LogP contribution in [0.25, 0.3) is 0 Å². The molecule has 0 aromatic heterocycles. The topological polar surface area (TPSA) is 57.7 Å². The molecule has 0 aromatic rings. The summed E-state index contributed by atoms with van der Waals surface area (Å²) >= 11 is 0. The van der Waals surface area contributed by atoms with E-state index in [2.05, 4.69) is 18.7 Å². The lowest BCUT2D eigenvalue weighted by Gasteiger charge is -2.42. The van der Waals surface area contributed by atoms with Crippen LogP contribution in [0.5, 0.6) is 0 Å². The van der Waals surface area contributed by atoms with E-state index in [1.54, 1.807) is 0 Å². The normalized spacial score (nSPS) is 24.1. The van der Waals surface area contributed by atoms with Crippen molar-refractivity contribution in [2.75, 3.05) is 37.7 Å². The lowest BCUT2D eigenvalue weighted by atomic mass is 9.82. The van der Waals surface area contributed by atoms with Crippen molar-refractivity contribution in [1.82, 2.24) is 9.80 Å². The van der Waals surface area contributed by atoms with E-state index in [1.807, 2.05) is 18.7 Å². The Kier molecular flexibility index (Phi) is 5.77. The van der Waals surface area contributed by atoms with Crippen molar-refractivity contribution in [3.63, 3.8) is 0 Å². The maximum atomic E-state index is 12.8. The van der Waals surface area contributed by atoms with Crippen LogP contribution in [0.15, 0.2) is 0 Å². The molecule has 0 bridgehead atoms. The first kappa shape index (κ1) is 18.7. The van der Waals surface area contributed by atoms with E-state index in [0.717, 1.165) is 45.4 Å². The Morgan fingerprint density at radius 3 is 2.09 bits per heavy atom. The number of sulfone groups is 1. The van der Waals surface area contributed by atoms with Gasteiger partial charge in [-0.15, -0.1) is 0 Å². The highest BCUT2D eigenvalue weighted by Gasteiger charge is 2.36. The lowest BCUT2D eigenvalue weighted by Crippen LogP contribution is -2.55. The molecule has 2 aliphatic rings. The molecule has 0 aliphatic carbocycles. The maximum Gasteiger partial charge on any atom is 0.228 e. The summed E-state index contributed by atoms with van der Waals surface area (Å²) in [6.45, 7) is 11.7. The van der Waals surface area contributed by atoms with Crippen LogP contribution in [0.2, 0.25) is 0 Å². The third kappa shape index (κ3) is 4.92. The molecular weight excluding hydrogens is 312 g/mol. The number of nitrogens with zero attached hydrogens (tertiary/aromatic N) is 2. The fraction of sp³-hybridized carbons (Fsp3) is 0.941. The first-order valence-electron chi connectivity index (χ1n) is 8.84. The molecule has 0 aromatic carbocycles. The van der Waals surface area contributed by atoms with E-state index >= 15 is 0 Å². The van der Waals surface area contributed by atoms with Gasteiger partial charge in [-0.1, -0.05) is 27.7 Å². The zero-order chi connectivity index (χ0) is 17.3. The van der Waals surface area contributed by atoms with Crippen LogP contribution >= 0.6 is 0 Å². The van der Waals surface area contributed by atoms with Gasteiger partial charge in [0.15, 0.2) is 0 Å². The van der Waals surface area contributed by atoms with Gasteiger partial charge in [0.25, 0.3) is 0 Å².